The second-order valence-electron chi connectivity index (χ2n) is 8.51. The van der Waals surface area contributed by atoms with Crippen LogP contribution in [-0.4, -0.2) is 62.3 Å². The highest BCUT2D eigenvalue weighted by Crippen LogP contribution is 2.31. The Kier molecular flexibility index (Phi) is 8.17. The first-order chi connectivity index (χ1) is 15.7. The molecule has 1 saturated carbocycles. The number of amides is 2. The number of furan rings is 1. The second kappa shape index (κ2) is 10.7. The Balaban J connectivity index is 1.62. The highest BCUT2D eigenvalue weighted by Gasteiger charge is 2.42. The van der Waals surface area contributed by atoms with Crippen LogP contribution in [0.2, 0.25) is 0 Å². The molecule has 0 atom stereocenters. The zero-order valence-corrected chi connectivity index (χ0v) is 20.0. The maximum Gasteiger partial charge on any atom is 0.374 e. The minimum atomic E-state index is -3.94. The molecule has 10 nitrogen and oxygen atoms in total. The zero-order valence-electron chi connectivity index (χ0n) is 19.2. The van der Waals surface area contributed by atoms with Crippen molar-refractivity contribution in [3.8, 4) is 0 Å². The molecular formula is C22H33N3O7S. The molecule has 1 aromatic rings. The van der Waals surface area contributed by atoms with E-state index < -0.39 is 21.5 Å². The Morgan fingerprint density at radius 1 is 1.12 bits per heavy atom. The van der Waals surface area contributed by atoms with Crippen molar-refractivity contribution in [1.82, 2.24) is 14.9 Å². The van der Waals surface area contributed by atoms with Crippen molar-refractivity contribution in [3.05, 3.63) is 17.9 Å². The molecule has 2 amide bonds. The summed E-state index contributed by atoms with van der Waals surface area (Å²) in [5.74, 6) is -1.63. The number of carbonyl (C=O) groups is 3. The molecule has 2 aliphatic rings. The van der Waals surface area contributed by atoms with Crippen molar-refractivity contribution in [2.24, 2.45) is 5.92 Å². The summed E-state index contributed by atoms with van der Waals surface area (Å²) in [5, 5.41) is 5.53. The summed E-state index contributed by atoms with van der Waals surface area (Å²) in [6.45, 7) is 4.43. The average Bonchev–Trinajstić information content (AvgIpc) is 3.31. The summed E-state index contributed by atoms with van der Waals surface area (Å²) < 4.78 is 37.1. The van der Waals surface area contributed by atoms with Crippen molar-refractivity contribution in [2.45, 2.75) is 69.4 Å². The number of esters is 1. The van der Waals surface area contributed by atoms with Gasteiger partial charge in [0, 0.05) is 25.6 Å². The number of sulfonamides is 1. The number of carbonyl (C=O) groups excluding carboxylic acids is 3. The van der Waals surface area contributed by atoms with Gasteiger partial charge in [0.15, 0.2) is 0 Å². The summed E-state index contributed by atoms with van der Waals surface area (Å²) in [7, 11) is -3.94. The molecule has 1 aliphatic carbocycles. The summed E-state index contributed by atoms with van der Waals surface area (Å²) in [6, 6.07) is 2.51. The number of piperidine rings is 1. The van der Waals surface area contributed by atoms with E-state index in [1.807, 2.05) is 6.92 Å². The number of ether oxygens (including phenoxy) is 1. The van der Waals surface area contributed by atoms with E-state index in [9.17, 15) is 22.8 Å². The van der Waals surface area contributed by atoms with Gasteiger partial charge in [0.05, 0.1) is 6.61 Å². The van der Waals surface area contributed by atoms with Crippen LogP contribution in [0.15, 0.2) is 21.6 Å². The van der Waals surface area contributed by atoms with E-state index in [0.29, 0.717) is 32.2 Å². The second-order valence-corrected chi connectivity index (χ2v) is 10.4. The zero-order chi connectivity index (χ0) is 24.1. The summed E-state index contributed by atoms with van der Waals surface area (Å²) >= 11 is 0. The van der Waals surface area contributed by atoms with Gasteiger partial charge in [-0.25, -0.2) is 13.2 Å². The lowest BCUT2D eigenvalue weighted by Gasteiger charge is -2.38. The van der Waals surface area contributed by atoms with E-state index in [0.717, 1.165) is 19.3 Å². The number of hydrogen-bond acceptors (Lipinski definition) is 7. The molecule has 33 heavy (non-hydrogen) atoms. The molecule has 2 N–H and O–H groups in total. The molecular weight excluding hydrogens is 450 g/mol. The third kappa shape index (κ3) is 5.57. The van der Waals surface area contributed by atoms with Crippen molar-refractivity contribution in [2.75, 3.05) is 26.2 Å². The predicted molar refractivity (Wildman–Crippen MR) is 119 cm³/mol. The topological polar surface area (TPSA) is 135 Å². The smallest absolute Gasteiger partial charge is 0.374 e. The minimum Gasteiger partial charge on any atom is -0.460 e. The van der Waals surface area contributed by atoms with Gasteiger partial charge in [-0.05, 0) is 51.7 Å². The standard InChI is InChI=1S/C22H33N3O7S/c1-3-23-21(28)22(12-6-5-7-13-22)24-19(26)16-10-14-25(15-11-16)33(29,30)18-9-8-17(32-18)20(27)31-4-2/h8-9,16H,3-7,10-15H2,1-2H3,(H,23,28)(H,24,26). The molecule has 3 rings (SSSR count). The van der Waals surface area contributed by atoms with Crippen molar-refractivity contribution < 1.29 is 32.0 Å². The van der Waals surface area contributed by atoms with E-state index in [-0.39, 0.29) is 48.3 Å². The summed E-state index contributed by atoms with van der Waals surface area (Å²) in [5.41, 5.74) is -0.883. The van der Waals surface area contributed by atoms with Crippen LogP contribution in [0.3, 0.4) is 0 Å². The molecule has 2 fully saturated rings. The molecule has 1 aliphatic heterocycles. The molecule has 1 aromatic heterocycles. The Bertz CT molecular complexity index is 958. The van der Waals surface area contributed by atoms with E-state index in [2.05, 4.69) is 10.6 Å². The van der Waals surface area contributed by atoms with Crippen molar-refractivity contribution >= 4 is 27.8 Å². The SMILES string of the molecule is CCNC(=O)C1(NC(=O)C2CCN(S(=O)(=O)c3ccc(C(=O)OCC)o3)CC2)CCCCC1. The lowest BCUT2D eigenvalue weighted by atomic mass is 9.80. The fourth-order valence-electron chi connectivity index (χ4n) is 4.49. The molecule has 1 saturated heterocycles. The van der Waals surface area contributed by atoms with Crippen LogP contribution in [0.1, 0.15) is 69.3 Å². The van der Waals surface area contributed by atoms with Gasteiger partial charge in [-0.15, -0.1) is 0 Å². The first kappa shape index (κ1) is 25.2. The van der Waals surface area contributed by atoms with Gasteiger partial charge in [0.1, 0.15) is 5.54 Å². The monoisotopic (exact) mass is 483 g/mol. The van der Waals surface area contributed by atoms with Gasteiger partial charge >= 0.3 is 5.97 Å². The van der Waals surface area contributed by atoms with Gasteiger partial charge < -0.3 is 19.8 Å². The van der Waals surface area contributed by atoms with Crippen LogP contribution < -0.4 is 10.6 Å². The Hall–Kier alpha value is -2.40. The summed E-state index contributed by atoms with van der Waals surface area (Å²) in [6.07, 6.45) is 4.69. The van der Waals surface area contributed by atoms with Crippen LogP contribution >= 0.6 is 0 Å². The number of rotatable bonds is 8. The van der Waals surface area contributed by atoms with E-state index in [1.165, 1.54) is 16.4 Å². The van der Waals surface area contributed by atoms with E-state index in [4.69, 9.17) is 9.15 Å². The maximum atomic E-state index is 13.0. The fourth-order valence-corrected chi connectivity index (χ4v) is 5.87. The molecule has 0 unspecified atom stereocenters. The number of nitrogens with one attached hydrogen (secondary N) is 2. The maximum absolute atomic E-state index is 13.0. The highest BCUT2D eigenvalue weighted by atomic mass is 32.2. The lowest BCUT2D eigenvalue weighted by molar-refractivity contribution is -0.137. The Labute approximate surface area is 194 Å². The van der Waals surface area contributed by atoms with Crippen LogP contribution in [0.25, 0.3) is 0 Å². The van der Waals surface area contributed by atoms with Crippen molar-refractivity contribution in [3.63, 3.8) is 0 Å². The van der Waals surface area contributed by atoms with Crippen molar-refractivity contribution in [1.29, 1.82) is 0 Å². The Morgan fingerprint density at radius 3 is 2.39 bits per heavy atom. The highest BCUT2D eigenvalue weighted by molar-refractivity contribution is 7.89. The normalized spacial score (nSPS) is 19.6. The Morgan fingerprint density at radius 2 is 1.79 bits per heavy atom. The molecule has 0 radical (unpaired) electrons. The first-order valence-electron chi connectivity index (χ1n) is 11.6. The quantitative estimate of drug-likeness (QED) is 0.538. The van der Waals surface area contributed by atoms with E-state index >= 15 is 0 Å². The number of hydrogen-bond donors (Lipinski definition) is 2. The molecule has 2 heterocycles. The van der Waals surface area contributed by atoms with Gasteiger partial charge in [-0.1, -0.05) is 19.3 Å². The largest absolute Gasteiger partial charge is 0.460 e. The van der Waals surface area contributed by atoms with Gasteiger partial charge in [-0.2, -0.15) is 4.31 Å². The van der Waals surface area contributed by atoms with Crippen LogP contribution in [0, 0.1) is 5.92 Å². The van der Waals surface area contributed by atoms with Gasteiger partial charge in [0.25, 0.3) is 10.0 Å². The van der Waals surface area contributed by atoms with E-state index in [1.54, 1.807) is 6.92 Å². The summed E-state index contributed by atoms with van der Waals surface area (Å²) in [4.78, 5) is 37.5. The molecule has 0 spiro atoms. The molecule has 11 heteroatoms. The third-order valence-electron chi connectivity index (χ3n) is 6.32. The molecule has 184 valence electrons. The van der Waals surface area contributed by atoms with Crippen LogP contribution in [0.5, 0.6) is 0 Å². The first-order valence-corrected chi connectivity index (χ1v) is 13.0. The number of nitrogens with zero attached hydrogens (tertiary/aromatic N) is 1. The predicted octanol–water partition coefficient (Wildman–Crippen LogP) is 1.81. The number of likely N-dealkylation sites (N-methyl/N-ethyl adjacent to an activating group) is 1. The van der Waals surface area contributed by atoms with Gasteiger partial charge in [-0.3, -0.25) is 9.59 Å². The fraction of sp³-hybridized carbons (Fsp3) is 0.682. The molecule has 0 bridgehead atoms. The molecule has 0 aromatic carbocycles. The third-order valence-corrected chi connectivity index (χ3v) is 8.09. The van der Waals surface area contributed by atoms with Crippen LogP contribution in [-0.2, 0) is 24.3 Å². The van der Waals surface area contributed by atoms with Gasteiger partial charge in [0.2, 0.25) is 22.7 Å². The average molecular weight is 484 g/mol. The van der Waals surface area contributed by atoms with Crippen LogP contribution in [0.4, 0.5) is 0 Å². The lowest BCUT2D eigenvalue weighted by Crippen LogP contribution is -2.61. The minimum absolute atomic E-state index is 0.143.